The fraction of sp³-hybridized carbons (Fsp3) is 0.840. The van der Waals surface area contributed by atoms with Gasteiger partial charge in [-0.25, -0.2) is 9.36 Å². The van der Waals surface area contributed by atoms with Gasteiger partial charge in [-0.3, -0.25) is 18.9 Å². The summed E-state index contributed by atoms with van der Waals surface area (Å²) in [6.45, 7) is 1.40. The molecular formula is C25H45N2O11PS. The van der Waals surface area contributed by atoms with Crippen LogP contribution in [0.1, 0.15) is 103 Å². The maximum atomic E-state index is 12.2. The van der Waals surface area contributed by atoms with Crippen LogP contribution in [0.3, 0.4) is 0 Å². The summed E-state index contributed by atoms with van der Waals surface area (Å²) in [4.78, 5) is 35.0. The highest BCUT2D eigenvalue weighted by molar-refractivity contribution is 7.90. The number of phosphoric ester groups is 1. The molecular weight excluding hydrogens is 567 g/mol. The van der Waals surface area contributed by atoms with Crippen LogP contribution in [0, 0.1) is 0 Å². The summed E-state index contributed by atoms with van der Waals surface area (Å²) in [7, 11) is -9.44. The number of aromatic amines is 1. The lowest BCUT2D eigenvalue weighted by Gasteiger charge is -2.17. The Morgan fingerprint density at radius 1 is 0.925 bits per heavy atom. The van der Waals surface area contributed by atoms with Crippen LogP contribution in [0.25, 0.3) is 0 Å². The molecule has 0 bridgehead atoms. The van der Waals surface area contributed by atoms with E-state index >= 15 is 0 Å². The fourth-order valence-electron chi connectivity index (χ4n) is 4.57. The molecule has 1 aliphatic heterocycles. The molecule has 2 heterocycles. The Hall–Kier alpha value is -1.38. The van der Waals surface area contributed by atoms with E-state index in [9.17, 15) is 37.7 Å². The van der Waals surface area contributed by atoms with Crippen LogP contribution in [0.4, 0.5) is 0 Å². The summed E-state index contributed by atoms with van der Waals surface area (Å²) < 4.78 is 51.8. The van der Waals surface area contributed by atoms with Crippen LogP contribution >= 0.6 is 7.82 Å². The van der Waals surface area contributed by atoms with Crippen LogP contribution in [0.15, 0.2) is 21.9 Å². The second kappa shape index (κ2) is 17.5. The second-order valence-electron chi connectivity index (χ2n) is 10.3. The van der Waals surface area contributed by atoms with Crippen LogP contribution < -0.4 is 11.2 Å². The molecule has 5 atom stereocenters. The van der Waals surface area contributed by atoms with Crippen molar-refractivity contribution in [3.05, 3.63) is 33.1 Å². The first kappa shape index (κ1) is 34.8. The summed E-state index contributed by atoms with van der Waals surface area (Å²) in [5.41, 5.74) is -1.58. The third-order valence-corrected chi connectivity index (χ3v) is 9.75. The smallest absolute Gasteiger partial charge is 0.387 e. The molecule has 4 N–H and O–H groups in total. The van der Waals surface area contributed by atoms with Crippen molar-refractivity contribution in [1.29, 1.82) is 0 Å². The lowest BCUT2D eigenvalue weighted by molar-refractivity contribution is -0.0539. The molecule has 2 rings (SSSR count). The van der Waals surface area contributed by atoms with Crippen molar-refractivity contribution >= 4 is 17.9 Å². The van der Waals surface area contributed by atoms with E-state index in [1.165, 1.54) is 57.8 Å². The van der Waals surface area contributed by atoms with E-state index < -0.39 is 66.1 Å². The van der Waals surface area contributed by atoms with Crippen LogP contribution in [0.5, 0.6) is 0 Å². The lowest BCUT2D eigenvalue weighted by Crippen LogP contribution is -2.37. The van der Waals surface area contributed by atoms with Gasteiger partial charge >= 0.3 is 13.5 Å². The van der Waals surface area contributed by atoms with E-state index in [1.807, 2.05) is 4.98 Å². The Morgan fingerprint density at radius 2 is 1.45 bits per heavy atom. The molecule has 1 unspecified atom stereocenters. The minimum absolute atomic E-state index is 0.270. The van der Waals surface area contributed by atoms with E-state index in [2.05, 4.69) is 10.9 Å². The van der Waals surface area contributed by atoms with Gasteiger partial charge in [0, 0.05) is 12.3 Å². The van der Waals surface area contributed by atoms with Crippen LogP contribution in [0.2, 0.25) is 0 Å². The number of hydrogen-bond acceptors (Lipinski definition) is 10. The van der Waals surface area contributed by atoms with Gasteiger partial charge in [-0.05, 0) is 6.42 Å². The molecule has 0 radical (unpaired) electrons. The minimum atomic E-state index is -5.09. The molecule has 0 amide bonds. The molecule has 1 aromatic heterocycles. The van der Waals surface area contributed by atoms with E-state index in [0.717, 1.165) is 36.1 Å². The van der Waals surface area contributed by atoms with Crippen molar-refractivity contribution in [2.45, 2.75) is 121 Å². The molecule has 15 heteroatoms. The molecule has 0 spiro atoms. The molecule has 40 heavy (non-hydrogen) atoms. The van der Waals surface area contributed by atoms with Crippen molar-refractivity contribution in [2.75, 3.05) is 12.4 Å². The average molecular weight is 613 g/mol. The first-order chi connectivity index (χ1) is 19.0. The minimum Gasteiger partial charge on any atom is -0.387 e. The number of unbranched alkanes of at least 4 members (excludes halogenated alkanes) is 13. The summed E-state index contributed by atoms with van der Waals surface area (Å²) >= 11 is 0. The zero-order valence-electron chi connectivity index (χ0n) is 23.2. The highest BCUT2D eigenvalue weighted by Crippen LogP contribution is 2.46. The van der Waals surface area contributed by atoms with E-state index in [1.54, 1.807) is 0 Å². The predicted octanol–water partition coefficient (Wildman–Crippen LogP) is 3.10. The summed E-state index contributed by atoms with van der Waals surface area (Å²) in [6, 6.07) is 1.01. The highest BCUT2D eigenvalue weighted by Gasteiger charge is 2.45. The second-order valence-corrected chi connectivity index (χ2v) is 13.6. The number of ether oxygens (including phenoxy) is 1. The van der Waals surface area contributed by atoms with Gasteiger partial charge in [0.25, 0.3) is 15.7 Å². The van der Waals surface area contributed by atoms with Gasteiger partial charge in [0.2, 0.25) is 0 Å². The van der Waals surface area contributed by atoms with Crippen molar-refractivity contribution in [3.8, 4) is 0 Å². The number of nitrogens with one attached hydrogen (secondary N) is 1. The molecule has 1 saturated heterocycles. The normalized spacial score (nSPS) is 22.9. The topological polar surface area (TPSA) is 194 Å². The van der Waals surface area contributed by atoms with Crippen molar-refractivity contribution in [3.63, 3.8) is 0 Å². The predicted molar refractivity (Wildman–Crippen MR) is 148 cm³/mol. The molecule has 13 nitrogen and oxygen atoms in total. The first-order valence-corrected chi connectivity index (χ1v) is 17.3. The highest BCUT2D eigenvalue weighted by atomic mass is 32.2. The van der Waals surface area contributed by atoms with Crippen molar-refractivity contribution in [2.24, 2.45) is 0 Å². The average Bonchev–Trinajstić information content (AvgIpc) is 3.15. The van der Waals surface area contributed by atoms with Gasteiger partial charge in [0.1, 0.15) is 18.3 Å². The van der Waals surface area contributed by atoms with E-state index in [-0.39, 0.29) is 6.42 Å². The van der Waals surface area contributed by atoms with E-state index in [4.69, 9.17) is 9.26 Å². The van der Waals surface area contributed by atoms with Gasteiger partial charge in [0.15, 0.2) is 6.23 Å². The first-order valence-electron chi connectivity index (χ1n) is 14.2. The van der Waals surface area contributed by atoms with Gasteiger partial charge in [0.05, 0.1) is 12.4 Å². The van der Waals surface area contributed by atoms with Crippen LogP contribution in [-0.2, 0) is 27.9 Å². The Morgan fingerprint density at radius 3 is 1.98 bits per heavy atom. The van der Waals surface area contributed by atoms with Gasteiger partial charge in [-0.2, -0.15) is 12.4 Å². The molecule has 1 aliphatic rings. The SMILES string of the molecule is CCCCCCCCCCCCCCCCS(=O)(=O)OP(=O)(O)OC[C@H]1O[C@@H](n2ccc(=O)[nH]c2=O)[C@H](O)[C@@H]1O. The molecule has 1 aromatic rings. The number of hydrogen-bond donors (Lipinski definition) is 4. The fourth-order valence-corrected chi connectivity index (χ4v) is 7.08. The van der Waals surface area contributed by atoms with Gasteiger partial charge in [-0.15, -0.1) is 0 Å². The largest absolute Gasteiger partial charge is 0.487 e. The summed E-state index contributed by atoms with van der Waals surface area (Å²) in [5.74, 6) is -0.447. The quantitative estimate of drug-likeness (QED) is 0.118. The molecule has 0 saturated carbocycles. The number of aromatic nitrogens is 2. The zero-order chi connectivity index (χ0) is 29.6. The number of H-pyrrole nitrogens is 1. The monoisotopic (exact) mass is 612 g/mol. The lowest BCUT2D eigenvalue weighted by atomic mass is 10.0. The Bertz CT molecular complexity index is 1140. The Labute approximate surface area is 235 Å². The number of aliphatic hydroxyl groups excluding tert-OH is 2. The number of rotatable bonds is 21. The molecule has 0 aliphatic carbocycles. The van der Waals surface area contributed by atoms with Crippen molar-refractivity contribution < 1.29 is 41.3 Å². The van der Waals surface area contributed by atoms with Crippen LogP contribution in [-0.4, -0.2) is 63.7 Å². The maximum Gasteiger partial charge on any atom is 0.487 e. The molecule has 1 fully saturated rings. The summed E-state index contributed by atoms with van der Waals surface area (Å²) in [6.07, 6.45) is 10.3. The van der Waals surface area contributed by atoms with Gasteiger partial charge < -0.3 is 19.8 Å². The summed E-state index contributed by atoms with van der Waals surface area (Å²) in [5, 5.41) is 20.4. The zero-order valence-corrected chi connectivity index (χ0v) is 24.9. The number of nitrogens with zero attached hydrogens (tertiary/aromatic N) is 1. The van der Waals surface area contributed by atoms with Gasteiger partial charge in [-0.1, -0.05) is 90.4 Å². The van der Waals surface area contributed by atoms with Crippen molar-refractivity contribution in [1.82, 2.24) is 9.55 Å². The number of phosphoric acid groups is 1. The molecule has 232 valence electrons. The standard InChI is InChI=1S/C25H45N2O11PS/c1-2-3-4-5-6-7-8-9-10-11-12-13-14-15-18-40(34,35)38-39(32,33)36-19-20-22(29)23(30)24(37-20)27-17-16-21(28)26-25(27)31/h16-17,20,22-24,29-30H,2-15,18-19H2,1H3,(H,32,33)(H,26,28,31)/t20-,22-,23-,24-/m1/s1. The third-order valence-electron chi connectivity index (χ3n) is 6.82. The number of aliphatic hydroxyl groups is 2. The van der Waals surface area contributed by atoms with E-state index in [0.29, 0.717) is 6.42 Å². The Kier molecular flexibility index (Phi) is 15.3. The maximum absolute atomic E-state index is 12.2. The third kappa shape index (κ3) is 12.6. The molecule has 0 aromatic carbocycles. The Balaban J connectivity index is 1.62.